The number of nitrogens with zero attached hydrogens (tertiary/aromatic N) is 3. The lowest BCUT2D eigenvalue weighted by molar-refractivity contribution is -0.160. The van der Waals surface area contributed by atoms with Gasteiger partial charge < -0.3 is 35.2 Å². The summed E-state index contributed by atoms with van der Waals surface area (Å²) in [4.78, 5) is 86.9. The van der Waals surface area contributed by atoms with E-state index in [2.05, 4.69) is 15.6 Å². The number of aliphatic carboxylic acids is 1. The number of ether oxygens (including phenoxy) is 2. The summed E-state index contributed by atoms with van der Waals surface area (Å²) in [5.74, 6) is -4.78. The maximum atomic E-state index is 14.7. The highest BCUT2D eigenvalue weighted by atomic mass is 32.1. The number of likely N-dealkylation sites (N-methyl/N-ethyl adjacent to an activating group) is 1. The molecule has 0 saturated carbocycles. The summed E-state index contributed by atoms with van der Waals surface area (Å²) in [7, 11) is 1.90. The molecule has 320 valence electrons. The van der Waals surface area contributed by atoms with Crippen molar-refractivity contribution in [3.05, 3.63) is 51.6 Å². The molecule has 1 aromatic heterocycles. The van der Waals surface area contributed by atoms with Gasteiger partial charge in [-0.05, 0) is 68.5 Å². The minimum Gasteiger partial charge on any atom is -0.508 e. The number of likely N-dealkylation sites (tertiary alicyclic amines) is 1. The highest BCUT2D eigenvalue weighted by Crippen LogP contribution is 2.32. The van der Waals surface area contributed by atoms with Crippen LogP contribution in [0.2, 0.25) is 0 Å². The lowest BCUT2D eigenvalue weighted by Crippen LogP contribution is -2.59. The van der Waals surface area contributed by atoms with E-state index >= 15 is 0 Å². The van der Waals surface area contributed by atoms with Crippen LogP contribution in [0.3, 0.4) is 0 Å². The van der Waals surface area contributed by atoms with Gasteiger partial charge in [0.25, 0.3) is 5.91 Å². The standard InChI is InChI=1S/C42H61N5O10S/c1-9-13-36(50)56-24-47(41(53)37(26(5)10-2)45-39(52)33-14-11-12-19-46(33)8)34(25(3)4)22-35(57-28(7)48)40-44-32(23-58-40)38(51)43-30(20-27(6)42(54)55)21-29-15-17-31(49)18-16-29/h15-18,21,23,25-27,33-35,37,49H,9-14,19-20,22,24H2,1-8H3,(H,43,51)(H,45,52)(H,54,55)/b30-21+/t26-,27-,33?,34+,35+,37-/m0/s1. The van der Waals surface area contributed by atoms with Gasteiger partial charge in [0.05, 0.1) is 12.0 Å². The number of carboxylic acid groups (broad SMARTS) is 1. The molecule has 1 aliphatic rings. The lowest BCUT2D eigenvalue weighted by atomic mass is 9.92. The molecule has 1 aromatic carbocycles. The highest BCUT2D eigenvalue weighted by molar-refractivity contribution is 7.09. The van der Waals surface area contributed by atoms with E-state index in [1.54, 1.807) is 18.2 Å². The molecule has 3 rings (SSSR count). The number of benzene rings is 1. The molecule has 0 spiro atoms. The first kappa shape index (κ1) is 47.5. The number of aromatic nitrogens is 1. The fourth-order valence-corrected chi connectivity index (χ4v) is 7.56. The predicted molar refractivity (Wildman–Crippen MR) is 219 cm³/mol. The van der Waals surface area contributed by atoms with Crippen LogP contribution in [0.1, 0.15) is 127 Å². The van der Waals surface area contributed by atoms with Crippen molar-refractivity contribution in [3.8, 4) is 5.75 Å². The Kier molecular flexibility index (Phi) is 18.8. The monoisotopic (exact) mass is 827 g/mol. The van der Waals surface area contributed by atoms with Crippen LogP contribution in [0, 0.1) is 17.8 Å². The van der Waals surface area contributed by atoms with Gasteiger partial charge in [0, 0.05) is 43.3 Å². The molecule has 6 atom stereocenters. The number of thiazole rings is 1. The van der Waals surface area contributed by atoms with E-state index in [0.29, 0.717) is 30.5 Å². The Morgan fingerprint density at radius 1 is 1.07 bits per heavy atom. The Morgan fingerprint density at radius 3 is 2.34 bits per heavy atom. The molecule has 1 aliphatic heterocycles. The van der Waals surface area contributed by atoms with Crippen molar-refractivity contribution in [2.24, 2.45) is 17.8 Å². The van der Waals surface area contributed by atoms with Gasteiger partial charge in [0.1, 0.15) is 22.5 Å². The van der Waals surface area contributed by atoms with Crippen LogP contribution >= 0.6 is 11.3 Å². The molecule has 58 heavy (non-hydrogen) atoms. The number of carbonyl (C=O) groups is 6. The SMILES string of the molecule is CCCC(=O)OCN(C(=O)[C@@H](NC(=O)C1CCCCN1C)[C@@H](C)CC)[C@H](C[C@@H](OC(C)=O)c1nc(C(=O)N/C(=C/c2ccc(O)cc2)C[C@H](C)C(=O)O)cs1)C(C)C. The number of phenolic OH excluding ortho intramolecular Hbond substituents is 1. The molecule has 1 unspecified atom stereocenters. The van der Waals surface area contributed by atoms with E-state index in [4.69, 9.17) is 9.47 Å². The molecule has 0 bridgehead atoms. The molecule has 15 nitrogen and oxygen atoms in total. The normalized spacial score (nSPS) is 17.3. The zero-order valence-electron chi connectivity index (χ0n) is 35.0. The Morgan fingerprint density at radius 2 is 1.76 bits per heavy atom. The van der Waals surface area contributed by atoms with Gasteiger partial charge in [-0.25, -0.2) is 4.98 Å². The topological polar surface area (TPSA) is 205 Å². The van der Waals surface area contributed by atoms with Crippen molar-refractivity contribution in [3.63, 3.8) is 0 Å². The molecule has 1 saturated heterocycles. The molecule has 2 aromatic rings. The van der Waals surface area contributed by atoms with E-state index in [1.807, 2.05) is 46.6 Å². The number of hydrogen-bond donors (Lipinski definition) is 4. The Balaban J connectivity index is 1.98. The molecule has 1 fully saturated rings. The van der Waals surface area contributed by atoms with Crippen LogP contribution in [0.5, 0.6) is 5.75 Å². The maximum Gasteiger partial charge on any atom is 0.307 e. The highest BCUT2D eigenvalue weighted by Gasteiger charge is 2.39. The number of allylic oxidation sites excluding steroid dienone is 1. The van der Waals surface area contributed by atoms with Gasteiger partial charge >= 0.3 is 17.9 Å². The summed E-state index contributed by atoms with van der Waals surface area (Å²) in [6, 6.07) is 4.18. The van der Waals surface area contributed by atoms with Crippen LogP contribution in [-0.2, 0) is 33.4 Å². The zero-order valence-corrected chi connectivity index (χ0v) is 35.8. The molecule has 16 heteroatoms. The number of nitrogens with one attached hydrogen (secondary N) is 2. The average Bonchev–Trinajstić information content (AvgIpc) is 3.67. The van der Waals surface area contributed by atoms with Crippen molar-refractivity contribution in [1.82, 2.24) is 25.4 Å². The van der Waals surface area contributed by atoms with E-state index < -0.39 is 60.6 Å². The summed E-state index contributed by atoms with van der Waals surface area (Å²) in [6.07, 6.45) is 4.44. The second-order valence-corrected chi connectivity index (χ2v) is 16.3. The summed E-state index contributed by atoms with van der Waals surface area (Å²) in [6.45, 7) is 12.6. The Bertz CT molecular complexity index is 1750. The maximum absolute atomic E-state index is 14.7. The molecule has 2 heterocycles. The summed E-state index contributed by atoms with van der Waals surface area (Å²) >= 11 is 1.08. The van der Waals surface area contributed by atoms with Crippen LogP contribution in [0.15, 0.2) is 35.3 Å². The number of hydrogen-bond acceptors (Lipinski definition) is 12. The number of piperidine rings is 1. The number of carboxylic acids is 1. The average molecular weight is 828 g/mol. The van der Waals surface area contributed by atoms with Gasteiger partial charge in [-0.1, -0.05) is 66.5 Å². The first-order chi connectivity index (χ1) is 27.4. The third-order valence-corrected chi connectivity index (χ3v) is 11.3. The van der Waals surface area contributed by atoms with Crippen molar-refractivity contribution in [2.75, 3.05) is 20.3 Å². The van der Waals surface area contributed by atoms with Gasteiger partial charge in [0.15, 0.2) is 12.8 Å². The molecular weight excluding hydrogens is 767 g/mol. The third-order valence-electron chi connectivity index (χ3n) is 10.4. The van der Waals surface area contributed by atoms with Crippen molar-refractivity contribution < 1.29 is 48.5 Å². The number of rotatable bonds is 21. The fourth-order valence-electron chi connectivity index (χ4n) is 6.72. The third kappa shape index (κ3) is 14.2. The van der Waals surface area contributed by atoms with Crippen molar-refractivity contribution >= 4 is 53.0 Å². The van der Waals surface area contributed by atoms with E-state index in [9.17, 15) is 39.0 Å². The molecule has 4 N–H and O–H groups in total. The number of phenols is 1. The van der Waals surface area contributed by atoms with E-state index in [1.165, 1.54) is 36.3 Å². The van der Waals surface area contributed by atoms with Crippen LogP contribution in [0.4, 0.5) is 0 Å². The first-order valence-corrected chi connectivity index (χ1v) is 21.0. The van der Waals surface area contributed by atoms with Gasteiger partial charge in [0.2, 0.25) is 11.8 Å². The minimum absolute atomic E-state index is 0.00671. The predicted octanol–water partition coefficient (Wildman–Crippen LogP) is 5.89. The van der Waals surface area contributed by atoms with Crippen molar-refractivity contribution in [2.45, 2.75) is 124 Å². The first-order valence-electron chi connectivity index (χ1n) is 20.1. The molecule has 0 aliphatic carbocycles. The van der Waals surface area contributed by atoms with Gasteiger partial charge in [-0.2, -0.15) is 0 Å². The fraction of sp³-hybridized carbons (Fsp3) is 0.595. The van der Waals surface area contributed by atoms with Crippen LogP contribution in [0.25, 0.3) is 6.08 Å². The number of esters is 2. The lowest BCUT2D eigenvalue weighted by Gasteiger charge is -2.39. The second kappa shape index (κ2) is 22.9. The zero-order chi connectivity index (χ0) is 43.1. The summed E-state index contributed by atoms with van der Waals surface area (Å²) in [5, 5.41) is 26.8. The summed E-state index contributed by atoms with van der Waals surface area (Å²) in [5.41, 5.74) is 0.920. The second-order valence-electron chi connectivity index (χ2n) is 15.4. The number of amides is 3. The van der Waals surface area contributed by atoms with Gasteiger partial charge in [-0.3, -0.25) is 33.7 Å². The Hall–Kier alpha value is -4.83. The number of carbonyl (C=O) groups excluding carboxylic acids is 5. The van der Waals surface area contributed by atoms with E-state index in [0.717, 1.165) is 30.7 Å². The minimum atomic E-state index is -1.05. The Labute approximate surface area is 345 Å². The molecule has 0 radical (unpaired) electrons. The molecule has 3 amide bonds. The van der Waals surface area contributed by atoms with E-state index in [-0.39, 0.29) is 59.5 Å². The van der Waals surface area contributed by atoms with Crippen LogP contribution in [-0.4, -0.2) is 99.1 Å². The largest absolute Gasteiger partial charge is 0.508 e. The van der Waals surface area contributed by atoms with Gasteiger partial charge in [-0.15, -0.1) is 11.3 Å². The molecular formula is C42H61N5O10S. The van der Waals surface area contributed by atoms with Crippen LogP contribution < -0.4 is 10.6 Å². The smallest absolute Gasteiger partial charge is 0.307 e. The number of aromatic hydroxyl groups is 1. The van der Waals surface area contributed by atoms with Crippen molar-refractivity contribution in [1.29, 1.82) is 0 Å². The quantitative estimate of drug-likeness (QED) is 0.0859. The summed E-state index contributed by atoms with van der Waals surface area (Å²) < 4.78 is 11.4.